The molecule has 0 fully saturated rings. The third kappa shape index (κ3) is 4.69. The highest BCUT2D eigenvalue weighted by molar-refractivity contribution is 6.05. The molecule has 1 atom stereocenters. The van der Waals surface area contributed by atoms with Gasteiger partial charge in [-0.05, 0) is 56.3 Å². The van der Waals surface area contributed by atoms with Crippen LogP contribution in [0.3, 0.4) is 0 Å². The van der Waals surface area contributed by atoms with Crippen molar-refractivity contribution in [3.05, 3.63) is 83.9 Å². The van der Waals surface area contributed by atoms with Crippen molar-refractivity contribution in [1.29, 1.82) is 0 Å². The second kappa shape index (κ2) is 8.92. The van der Waals surface area contributed by atoms with Gasteiger partial charge in [0.2, 0.25) is 0 Å². The van der Waals surface area contributed by atoms with Gasteiger partial charge in [0.1, 0.15) is 18.1 Å². The van der Waals surface area contributed by atoms with E-state index in [4.69, 9.17) is 9.47 Å². The van der Waals surface area contributed by atoms with Crippen LogP contribution in [0.1, 0.15) is 22.8 Å². The Balaban J connectivity index is 1.52. The molecule has 0 radical (unpaired) electrons. The number of anilines is 2. The summed E-state index contributed by atoms with van der Waals surface area (Å²) >= 11 is 0. The summed E-state index contributed by atoms with van der Waals surface area (Å²) in [5.41, 5.74) is 2.79. The molecule has 3 aromatic rings. The molecule has 1 N–H and O–H groups in total. The summed E-state index contributed by atoms with van der Waals surface area (Å²) in [6, 6.07) is 22.1. The molecule has 1 aliphatic heterocycles. The standard InChI is InChI=1S/C25H24N2O4/c1-17-7-6-8-19(15-17)24(28)26-20-11-12-23-22(16-20)27(25(29)18(2)31-23)13-14-30-21-9-4-3-5-10-21/h3-12,15-16,18H,13-14H2,1-2H3,(H,26,28). The number of para-hydroxylation sites is 1. The van der Waals surface area contributed by atoms with Gasteiger partial charge in [-0.15, -0.1) is 0 Å². The minimum Gasteiger partial charge on any atom is -0.492 e. The van der Waals surface area contributed by atoms with Crippen molar-refractivity contribution < 1.29 is 19.1 Å². The summed E-state index contributed by atoms with van der Waals surface area (Å²) in [5.74, 6) is 0.987. The molecule has 2 amide bonds. The second-order valence-corrected chi connectivity index (χ2v) is 7.42. The van der Waals surface area contributed by atoms with Gasteiger partial charge in [-0.25, -0.2) is 0 Å². The third-order valence-corrected chi connectivity index (χ3v) is 5.03. The Morgan fingerprint density at radius 2 is 1.87 bits per heavy atom. The van der Waals surface area contributed by atoms with Crippen LogP contribution in [0.4, 0.5) is 11.4 Å². The fraction of sp³-hybridized carbons (Fsp3) is 0.200. The van der Waals surface area contributed by atoms with E-state index in [-0.39, 0.29) is 11.8 Å². The molecule has 158 valence electrons. The number of carbonyl (C=O) groups is 2. The molecule has 0 aromatic heterocycles. The highest BCUT2D eigenvalue weighted by Crippen LogP contribution is 2.36. The van der Waals surface area contributed by atoms with Crippen molar-refractivity contribution in [1.82, 2.24) is 0 Å². The first-order valence-electron chi connectivity index (χ1n) is 10.2. The van der Waals surface area contributed by atoms with E-state index < -0.39 is 6.10 Å². The summed E-state index contributed by atoms with van der Waals surface area (Å²) in [7, 11) is 0. The van der Waals surface area contributed by atoms with Gasteiger partial charge in [0, 0.05) is 11.3 Å². The minimum absolute atomic E-state index is 0.147. The molecule has 1 aliphatic rings. The number of aryl methyl sites for hydroxylation is 1. The molecule has 0 saturated heterocycles. The zero-order valence-corrected chi connectivity index (χ0v) is 17.5. The maximum Gasteiger partial charge on any atom is 0.267 e. The maximum atomic E-state index is 12.8. The number of rotatable bonds is 6. The Hall–Kier alpha value is -3.80. The Bertz CT molecular complexity index is 1100. The van der Waals surface area contributed by atoms with E-state index >= 15 is 0 Å². The van der Waals surface area contributed by atoms with Crippen LogP contribution in [0.15, 0.2) is 72.8 Å². The first-order valence-corrected chi connectivity index (χ1v) is 10.2. The van der Waals surface area contributed by atoms with Crippen molar-refractivity contribution >= 4 is 23.2 Å². The Kier molecular flexibility index (Phi) is 5.89. The van der Waals surface area contributed by atoms with Crippen molar-refractivity contribution in [2.75, 3.05) is 23.4 Å². The van der Waals surface area contributed by atoms with Gasteiger partial charge >= 0.3 is 0 Å². The van der Waals surface area contributed by atoms with Crippen LogP contribution in [0.25, 0.3) is 0 Å². The SMILES string of the molecule is Cc1cccc(C(=O)Nc2ccc3c(c2)N(CCOc2ccccc2)C(=O)C(C)O3)c1. The highest BCUT2D eigenvalue weighted by Gasteiger charge is 2.31. The summed E-state index contributed by atoms with van der Waals surface area (Å²) < 4.78 is 11.5. The van der Waals surface area contributed by atoms with Gasteiger partial charge in [-0.2, -0.15) is 0 Å². The van der Waals surface area contributed by atoms with Crippen molar-refractivity contribution in [2.45, 2.75) is 20.0 Å². The van der Waals surface area contributed by atoms with E-state index in [1.54, 1.807) is 36.1 Å². The van der Waals surface area contributed by atoms with Crippen LogP contribution in [-0.2, 0) is 4.79 Å². The lowest BCUT2D eigenvalue weighted by Gasteiger charge is -2.33. The second-order valence-electron chi connectivity index (χ2n) is 7.42. The van der Waals surface area contributed by atoms with E-state index in [0.29, 0.717) is 35.8 Å². The summed E-state index contributed by atoms with van der Waals surface area (Å²) in [5, 5.41) is 2.90. The van der Waals surface area contributed by atoms with E-state index in [0.717, 1.165) is 11.3 Å². The summed E-state index contributed by atoms with van der Waals surface area (Å²) in [4.78, 5) is 27.0. The number of carbonyl (C=O) groups excluding carboxylic acids is 2. The fourth-order valence-corrected chi connectivity index (χ4v) is 3.48. The monoisotopic (exact) mass is 416 g/mol. The number of amides is 2. The fourth-order valence-electron chi connectivity index (χ4n) is 3.48. The minimum atomic E-state index is -0.586. The predicted octanol–water partition coefficient (Wildman–Crippen LogP) is 4.44. The highest BCUT2D eigenvalue weighted by atomic mass is 16.5. The van der Waals surface area contributed by atoms with E-state index in [1.807, 2.05) is 55.5 Å². The van der Waals surface area contributed by atoms with Crippen LogP contribution < -0.4 is 19.7 Å². The molecule has 0 saturated carbocycles. The van der Waals surface area contributed by atoms with Crippen molar-refractivity contribution in [3.63, 3.8) is 0 Å². The number of nitrogens with one attached hydrogen (secondary N) is 1. The number of fused-ring (bicyclic) bond motifs is 1. The molecular formula is C25H24N2O4. The first kappa shape index (κ1) is 20.5. The molecule has 0 spiro atoms. The number of benzene rings is 3. The zero-order valence-electron chi connectivity index (χ0n) is 17.5. The van der Waals surface area contributed by atoms with Crippen molar-refractivity contribution in [2.24, 2.45) is 0 Å². The number of hydrogen-bond donors (Lipinski definition) is 1. The molecule has 6 nitrogen and oxygen atoms in total. The average Bonchev–Trinajstić information content (AvgIpc) is 2.77. The topological polar surface area (TPSA) is 67.9 Å². The lowest BCUT2D eigenvalue weighted by Crippen LogP contribution is -2.46. The van der Waals surface area contributed by atoms with Crippen LogP contribution in [0, 0.1) is 6.92 Å². The van der Waals surface area contributed by atoms with Gasteiger partial charge in [0.15, 0.2) is 6.10 Å². The van der Waals surface area contributed by atoms with Gasteiger partial charge in [-0.1, -0.05) is 35.9 Å². The molecule has 4 rings (SSSR count). The lowest BCUT2D eigenvalue weighted by atomic mass is 10.1. The quantitative estimate of drug-likeness (QED) is 0.645. The largest absolute Gasteiger partial charge is 0.492 e. The van der Waals surface area contributed by atoms with Crippen LogP contribution in [0.5, 0.6) is 11.5 Å². The van der Waals surface area contributed by atoms with Gasteiger partial charge in [0.05, 0.1) is 12.2 Å². The smallest absolute Gasteiger partial charge is 0.267 e. The molecular weight excluding hydrogens is 392 g/mol. The Labute approximate surface area is 181 Å². The molecule has 0 bridgehead atoms. The van der Waals surface area contributed by atoms with Gasteiger partial charge < -0.3 is 19.7 Å². The molecule has 6 heteroatoms. The number of hydrogen-bond acceptors (Lipinski definition) is 4. The van der Waals surface area contributed by atoms with Crippen LogP contribution in [-0.4, -0.2) is 31.1 Å². The van der Waals surface area contributed by atoms with Gasteiger partial charge in [0.25, 0.3) is 11.8 Å². The average molecular weight is 416 g/mol. The summed E-state index contributed by atoms with van der Waals surface area (Å²) in [6.45, 7) is 4.37. The molecule has 1 heterocycles. The Morgan fingerprint density at radius 3 is 2.65 bits per heavy atom. The van der Waals surface area contributed by atoms with Gasteiger partial charge in [-0.3, -0.25) is 9.59 Å². The Morgan fingerprint density at radius 1 is 1.06 bits per heavy atom. The zero-order chi connectivity index (χ0) is 21.8. The first-order chi connectivity index (χ1) is 15.0. The molecule has 3 aromatic carbocycles. The van der Waals surface area contributed by atoms with Crippen LogP contribution >= 0.6 is 0 Å². The lowest BCUT2D eigenvalue weighted by molar-refractivity contribution is -0.125. The molecule has 0 aliphatic carbocycles. The van der Waals surface area contributed by atoms with E-state index in [1.165, 1.54) is 0 Å². The third-order valence-electron chi connectivity index (χ3n) is 5.03. The van der Waals surface area contributed by atoms with E-state index in [9.17, 15) is 9.59 Å². The summed E-state index contributed by atoms with van der Waals surface area (Å²) in [6.07, 6.45) is -0.586. The predicted molar refractivity (Wildman–Crippen MR) is 120 cm³/mol. The number of ether oxygens (including phenoxy) is 2. The maximum absolute atomic E-state index is 12.8. The number of nitrogens with zero attached hydrogens (tertiary/aromatic N) is 1. The normalized spacial score (nSPS) is 15.1. The van der Waals surface area contributed by atoms with Crippen molar-refractivity contribution in [3.8, 4) is 11.5 Å². The van der Waals surface area contributed by atoms with Crippen LogP contribution in [0.2, 0.25) is 0 Å². The van der Waals surface area contributed by atoms with E-state index in [2.05, 4.69) is 5.32 Å². The molecule has 31 heavy (non-hydrogen) atoms. The molecule has 1 unspecified atom stereocenters.